The first kappa shape index (κ1) is 18.7. The van der Waals surface area contributed by atoms with Gasteiger partial charge in [-0.3, -0.25) is 20.4 Å². The van der Waals surface area contributed by atoms with Gasteiger partial charge < -0.3 is 0 Å². The van der Waals surface area contributed by atoms with Gasteiger partial charge >= 0.3 is 0 Å². The van der Waals surface area contributed by atoms with Gasteiger partial charge in [0.05, 0.1) is 33.7 Å². The normalized spacial score (nSPS) is 10.7. The third-order valence-corrected chi connectivity index (χ3v) is 4.34. The van der Waals surface area contributed by atoms with Gasteiger partial charge in [-0.1, -0.05) is 55.8 Å². The standard InChI is InChI=1S/C20H19ClN4O2/c1-13(2)18-16(12-22-25(18)14-8-4-3-5-9-14)20(27)24-23-19(26)15-10-6-7-11-17(15)21/h3-13H,1-2H3,(H,23,26)(H,24,27). The minimum atomic E-state index is -0.490. The topological polar surface area (TPSA) is 76.0 Å². The van der Waals surface area contributed by atoms with Gasteiger partial charge in [0.15, 0.2) is 0 Å². The number of nitrogens with one attached hydrogen (secondary N) is 2. The van der Waals surface area contributed by atoms with Gasteiger partial charge in [0.1, 0.15) is 0 Å². The van der Waals surface area contributed by atoms with E-state index < -0.39 is 11.8 Å². The van der Waals surface area contributed by atoms with Crippen molar-refractivity contribution in [2.24, 2.45) is 0 Å². The zero-order valence-corrected chi connectivity index (χ0v) is 15.7. The second-order valence-electron chi connectivity index (χ2n) is 6.23. The molecule has 6 nitrogen and oxygen atoms in total. The Balaban J connectivity index is 1.80. The van der Waals surface area contributed by atoms with Crippen molar-refractivity contribution in [3.8, 4) is 5.69 Å². The van der Waals surface area contributed by atoms with Gasteiger partial charge in [-0.15, -0.1) is 0 Å². The molecule has 3 rings (SSSR count). The van der Waals surface area contributed by atoms with E-state index in [4.69, 9.17) is 11.6 Å². The largest absolute Gasteiger partial charge is 0.273 e. The monoisotopic (exact) mass is 382 g/mol. The van der Waals surface area contributed by atoms with Crippen LogP contribution in [0, 0.1) is 0 Å². The van der Waals surface area contributed by atoms with Crippen LogP contribution in [0.3, 0.4) is 0 Å². The second kappa shape index (κ2) is 8.05. The highest BCUT2D eigenvalue weighted by Crippen LogP contribution is 2.23. The fourth-order valence-electron chi connectivity index (χ4n) is 2.76. The number of hydrogen-bond donors (Lipinski definition) is 2. The first-order valence-electron chi connectivity index (χ1n) is 8.47. The van der Waals surface area contributed by atoms with Crippen LogP contribution in [0.4, 0.5) is 0 Å². The van der Waals surface area contributed by atoms with Gasteiger partial charge in [0.2, 0.25) is 0 Å². The molecule has 0 unspecified atom stereocenters. The van der Waals surface area contributed by atoms with Gasteiger partial charge in [-0.2, -0.15) is 5.10 Å². The van der Waals surface area contributed by atoms with Crippen LogP contribution in [0.5, 0.6) is 0 Å². The molecule has 0 aliphatic heterocycles. The minimum absolute atomic E-state index is 0.0488. The van der Waals surface area contributed by atoms with E-state index in [-0.39, 0.29) is 11.5 Å². The molecule has 0 saturated heterocycles. The fraction of sp³-hybridized carbons (Fsp3) is 0.150. The van der Waals surface area contributed by atoms with Crippen molar-refractivity contribution in [3.63, 3.8) is 0 Å². The predicted octanol–water partition coefficient (Wildman–Crippen LogP) is 3.72. The molecule has 138 valence electrons. The van der Waals surface area contributed by atoms with Crippen molar-refractivity contribution in [1.29, 1.82) is 0 Å². The number of halogens is 1. The molecule has 2 aromatic carbocycles. The summed E-state index contributed by atoms with van der Waals surface area (Å²) in [6.07, 6.45) is 1.50. The van der Waals surface area contributed by atoms with E-state index in [1.54, 1.807) is 28.9 Å². The zero-order valence-electron chi connectivity index (χ0n) is 14.9. The highest BCUT2D eigenvalue weighted by atomic mass is 35.5. The van der Waals surface area contributed by atoms with Crippen LogP contribution in [0.15, 0.2) is 60.8 Å². The maximum atomic E-state index is 12.6. The molecular formula is C20H19ClN4O2. The lowest BCUT2D eigenvalue weighted by Crippen LogP contribution is -2.42. The number of carbonyl (C=O) groups excluding carboxylic acids is 2. The van der Waals surface area contributed by atoms with Crippen molar-refractivity contribution < 1.29 is 9.59 Å². The highest BCUT2D eigenvalue weighted by Gasteiger charge is 2.21. The first-order chi connectivity index (χ1) is 13.0. The predicted molar refractivity (Wildman–Crippen MR) is 104 cm³/mol. The summed E-state index contributed by atoms with van der Waals surface area (Å²) in [4.78, 5) is 24.8. The van der Waals surface area contributed by atoms with E-state index in [9.17, 15) is 9.59 Å². The molecule has 0 aliphatic rings. The average molecular weight is 383 g/mol. The van der Waals surface area contributed by atoms with Crippen LogP contribution in [-0.2, 0) is 0 Å². The van der Waals surface area contributed by atoms with Crippen molar-refractivity contribution in [1.82, 2.24) is 20.6 Å². The number of para-hydroxylation sites is 1. The Morgan fingerprint density at radius 2 is 1.52 bits per heavy atom. The molecule has 7 heteroatoms. The Bertz CT molecular complexity index is 967. The molecule has 27 heavy (non-hydrogen) atoms. The Morgan fingerprint density at radius 3 is 2.15 bits per heavy atom. The van der Waals surface area contributed by atoms with Crippen LogP contribution < -0.4 is 10.9 Å². The molecule has 2 amide bonds. The smallest absolute Gasteiger partial charge is 0.267 e. The van der Waals surface area contributed by atoms with E-state index in [2.05, 4.69) is 16.0 Å². The summed E-state index contributed by atoms with van der Waals surface area (Å²) in [6.45, 7) is 3.96. The maximum absolute atomic E-state index is 12.6. The van der Waals surface area contributed by atoms with Crippen LogP contribution in [0.2, 0.25) is 5.02 Å². The van der Waals surface area contributed by atoms with Crippen molar-refractivity contribution in [3.05, 3.63) is 82.6 Å². The van der Waals surface area contributed by atoms with Crippen LogP contribution >= 0.6 is 11.6 Å². The number of aromatic nitrogens is 2. The molecule has 3 aromatic rings. The number of hydrazine groups is 1. The van der Waals surface area contributed by atoms with Gasteiger partial charge in [-0.05, 0) is 30.2 Å². The third-order valence-electron chi connectivity index (χ3n) is 4.01. The molecule has 2 N–H and O–H groups in total. The number of amides is 2. The molecule has 0 radical (unpaired) electrons. The quantitative estimate of drug-likeness (QED) is 0.675. The fourth-order valence-corrected chi connectivity index (χ4v) is 2.98. The molecule has 0 aliphatic carbocycles. The molecule has 1 aromatic heterocycles. The summed E-state index contributed by atoms with van der Waals surface area (Å²) in [5, 5.41) is 4.66. The molecule has 0 fully saturated rings. The maximum Gasteiger partial charge on any atom is 0.273 e. The Labute approximate surface area is 162 Å². The Morgan fingerprint density at radius 1 is 0.926 bits per heavy atom. The van der Waals surface area contributed by atoms with Gasteiger partial charge in [-0.25, -0.2) is 4.68 Å². The Kier molecular flexibility index (Phi) is 5.57. The molecular weight excluding hydrogens is 364 g/mol. The van der Waals surface area contributed by atoms with E-state index in [0.29, 0.717) is 10.6 Å². The summed E-state index contributed by atoms with van der Waals surface area (Å²) in [5.41, 5.74) is 7.12. The Hall–Kier alpha value is -3.12. The molecule has 0 atom stereocenters. The number of nitrogens with zero attached hydrogens (tertiary/aromatic N) is 2. The van der Waals surface area contributed by atoms with E-state index in [0.717, 1.165) is 11.4 Å². The molecule has 0 saturated carbocycles. The lowest BCUT2D eigenvalue weighted by molar-refractivity contribution is 0.0846. The van der Waals surface area contributed by atoms with Crippen LogP contribution in [0.1, 0.15) is 46.2 Å². The summed E-state index contributed by atoms with van der Waals surface area (Å²) in [6, 6.07) is 16.2. The summed E-state index contributed by atoms with van der Waals surface area (Å²) >= 11 is 6.00. The SMILES string of the molecule is CC(C)c1c(C(=O)NNC(=O)c2ccccc2Cl)cnn1-c1ccccc1. The molecule has 0 spiro atoms. The minimum Gasteiger partial charge on any atom is -0.267 e. The van der Waals surface area contributed by atoms with Crippen LogP contribution in [0.25, 0.3) is 5.69 Å². The van der Waals surface area contributed by atoms with E-state index >= 15 is 0 Å². The summed E-state index contributed by atoms with van der Waals surface area (Å²) in [7, 11) is 0. The first-order valence-corrected chi connectivity index (χ1v) is 8.85. The van der Waals surface area contributed by atoms with Gasteiger partial charge in [0.25, 0.3) is 11.8 Å². The second-order valence-corrected chi connectivity index (χ2v) is 6.64. The van der Waals surface area contributed by atoms with Crippen molar-refractivity contribution in [2.45, 2.75) is 19.8 Å². The van der Waals surface area contributed by atoms with E-state index in [1.807, 2.05) is 44.2 Å². The third kappa shape index (κ3) is 4.01. The number of carbonyl (C=O) groups is 2. The number of rotatable bonds is 4. The number of hydrogen-bond acceptors (Lipinski definition) is 3. The number of benzene rings is 2. The highest BCUT2D eigenvalue weighted by molar-refractivity contribution is 6.33. The van der Waals surface area contributed by atoms with Gasteiger partial charge in [0, 0.05) is 0 Å². The zero-order chi connectivity index (χ0) is 19.4. The van der Waals surface area contributed by atoms with Crippen molar-refractivity contribution in [2.75, 3.05) is 0 Å². The molecule has 1 heterocycles. The lowest BCUT2D eigenvalue weighted by Gasteiger charge is -2.13. The average Bonchev–Trinajstić information content (AvgIpc) is 3.12. The molecule has 0 bridgehead atoms. The lowest BCUT2D eigenvalue weighted by atomic mass is 10.1. The van der Waals surface area contributed by atoms with E-state index in [1.165, 1.54) is 6.20 Å². The van der Waals surface area contributed by atoms with Crippen molar-refractivity contribution >= 4 is 23.4 Å². The summed E-state index contributed by atoms with van der Waals surface area (Å²) in [5.74, 6) is -0.885. The summed E-state index contributed by atoms with van der Waals surface area (Å²) < 4.78 is 1.73. The van der Waals surface area contributed by atoms with Crippen LogP contribution in [-0.4, -0.2) is 21.6 Å².